The summed E-state index contributed by atoms with van der Waals surface area (Å²) in [6.07, 6.45) is 4.34. The number of amides is 1. The topological polar surface area (TPSA) is 37.4 Å². The van der Waals surface area contributed by atoms with Crippen LogP contribution < -0.4 is 0 Å². The number of Topliss-reactive ketones (excluding diaryl/α,β-unsaturated/α-hetero) is 1. The second-order valence-electron chi connectivity index (χ2n) is 4.02. The van der Waals surface area contributed by atoms with Gasteiger partial charge >= 0.3 is 0 Å². The Morgan fingerprint density at radius 1 is 1.57 bits per heavy atom. The average molecular weight is 197 g/mol. The fourth-order valence-corrected chi connectivity index (χ4v) is 1.85. The highest BCUT2D eigenvalue weighted by Gasteiger charge is 2.32. The SMILES string of the molecule is CCCCN(C)C(=O)C1CCCC1=O. The normalized spacial score (nSPS) is 21.3. The van der Waals surface area contributed by atoms with Gasteiger partial charge in [-0.05, 0) is 19.3 Å². The van der Waals surface area contributed by atoms with Crippen molar-refractivity contribution in [2.75, 3.05) is 13.6 Å². The van der Waals surface area contributed by atoms with Crippen LogP contribution in [0.1, 0.15) is 39.0 Å². The first-order valence-electron chi connectivity index (χ1n) is 5.44. The second-order valence-corrected chi connectivity index (χ2v) is 4.02. The zero-order valence-electron chi connectivity index (χ0n) is 9.08. The van der Waals surface area contributed by atoms with Crippen LogP contribution in [0.4, 0.5) is 0 Å². The highest BCUT2D eigenvalue weighted by Crippen LogP contribution is 2.22. The summed E-state index contributed by atoms with van der Waals surface area (Å²) in [4.78, 5) is 24.8. The summed E-state index contributed by atoms with van der Waals surface area (Å²) < 4.78 is 0. The van der Waals surface area contributed by atoms with Crippen molar-refractivity contribution < 1.29 is 9.59 Å². The van der Waals surface area contributed by atoms with E-state index >= 15 is 0 Å². The summed E-state index contributed by atoms with van der Waals surface area (Å²) in [5.74, 6) is -0.156. The Bertz CT molecular complexity index is 225. The predicted molar refractivity (Wildman–Crippen MR) is 54.9 cm³/mol. The highest BCUT2D eigenvalue weighted by molar-refractivity contribution is 6.02. The molecule has 3 nitrogen and oxygen atoms in total. The van der Waals surface area contributed by atoms with Crippen LogP contribution in [0, 0.1) is 5.92 Å². The molecular formula is C11H19NO2. The molecule has 0 aromatic heterocycles. The van der Waals surface area contributed by atoms with Crippen LogP contribution in [0.5, 0.6) is 0 Å². The smallest absolute Gasteiger partial charge is 0.232 e. The number of nitrogens with zero attached hydrogens (tertiary/aromatic N) is 1. The Morgan fingerprint density at radius 3 is 2.79 bits per heavy atom. The molecule has 1 aliphatic rings. The zero-order chi connectivity index (χ0) is 10.6. The molecule has 0 aromatic rings. The molecule has 0 heterocycles. The molecule has 3 heteroatoms. The zero-order valence-corrected chi connectivity index (χ0v) is 9.08. The molecule has 0 aromatic carbocycles. The van der Waals surface area contributed by atoms with Crippen molar-refractivity contribution in [1.82, 2.24) is 4.90 Å². The quantitative estimate of drug-likeness (QED) is 0.642. The standard InChI is InChI=1S/C11H19NO2/c1-3-4-8-12(2)11(14)9-6-5-7-10(9)13/h9H,3-8H2,1-2H3. The molecule has 1 atom stereocenters. The van der Waals surface area contributed by atoms with Gasteiger partial charge < -0.3 is 4.90 Å². The van der Waals surface area contributed by atoms with Gasteiger partial charge in [0.15, 0.2) is 0 Å². The molecule has 80 valence electrons. The maximum Gasteiger partial charge on any atom is 0.232 e. The first kappa shape index (κ1) is 11.2. The van der Waals surface area contributed by atoms with E-state index in [1.807, 2.05) is 0 Å². The fraction of sp³-hybridized carbons (Fsp3) is 0.818. The number of ketones is 1. The lowest BCUT2D eigenvalue weighted by Crippen LogP contribution is -2.35. The van der Waals surface area contributed by atoms with Gasteiger partial charge in [0.2, 0.25) is 5.91 Å². The lowest BCUT2D eigenvalue weighted by molar-refractivity contribution is -0.138. The first-order chi connectivity index (χ1) is 6.66. The third-order valence-electron chi connectivity index (χ3n) is 2.83. The number of unbranched alkanes of at least 4 members (excludes halogenated alkanes) is 1. The van der Waals surface area contributed by atoms with Gasteiger partial charge in [0.25, 0.3) is 0 Å². The van der Waals surface area contributed by atoms with Crippen molar-refractivity contribution in [2.45, 2.75) is 39.0 Å². The average Bonchev–Trinajstić information content (AvgIpc) is 2.59. The van der Waals surface area contributed by atoms with Crippen LogP contribution in [0.3, 0.4) is 0 Å². The minimum absolute atomic E-state index is 0.0287. The van der Waals surface area contributed by atoms with E-state index in [2.05, 4.69) is 6.92 Å². The molecule has 0 bridgehead atoms. The van der Waals surface area contributed by atoms with E-state index in [4.69, 9.17) is 0 Å². The molecule has 1 amide bonds. The van der Waals surface area contributed by atoms with E-state index in [9.17, 15) is 9.59 Å². The summed E-state index contributed by atoms with van der Waals surface area (Å²) in [6, 6.07) is 0. The molecule has 1 aliphatic carbocycles. The summed E-state index contributed by atoms with van der Waals surface area (Å²) in [5.41, 5.74) is 0. The van der Waals surface area contributed by atoms with Gasteiger partial charge in [-0.15, -0.1) is 0 Å². The van der Waals surface area contributed by atoms with Gasteiger partial charge in [-0.3, -0.25) is 9.59 Å². The van der Waals surface area contributed by atoms with Crippen LogP contribution in [-0.2, 0) is 9.59 Å². The molecule has 1 unspecified atom stereocenters. The Labute approximate surface area is 85.5 Å². The van der Waals surface area contributed by atoms with Gasteiger partial charge in [-0.1, -0.05) is 13.3 Å². The molecule has 0 radical (unpaired) electrons. The van der Waals surface area contributed by atoms with Gasteiger partial charge in [0.05, 0.1) is 5.92 Å². The molecule has 14 heavy (non-hydrogen) atoms. The summed E-state index contributed by atoms with van der Waals surface area (Å²) in [7, 11) is 1.80. The number of carbonyl (C=O) groups excluding carboxylic acids is 2. The number of rotatable bonds is 4. The summed E-state index contributed by atoms with van der Waals surface area (Å²) in [5, 5.41) is 0. The molecule has 0 saturated heterocycles. The maximum absolute atomic E-state index is 11.8. The van der Waals surface area contributed by atoms with Crippen LogP contribution in [-0.4, -0.2) is 30.2 Å². The molecule has 0 spiro atoms. The monoisotopic (exact) mass is 197 g/mol. The molecule has 0 N–H and O–H groups in total. The Morgan fingerprint density at radius 2 is 2.29 bits per heavy atom. The van der Waals surface area contributed by atoms with E-state index in [1.165, 1.54) is 0 Å². The first-order valence-corrected chi connectivity index (χ1v) is 5.44. The van der Waals surface area contributed by atoms with Gasteiger partial charge in [0.1, 0.15) is 5.78 Å². The fourth-order valence-electron chi connectivity index (χ4n) is 1.85. The Kier molecular flexibility index (Phi) is 4.11. The van der Waals surface area contributed by atoms with E-state index < -0.39 is 0 Å². The predicted octanol–water partition coefficient (Wildman–Crippen LogP) is 1.61. The third kappa shape index (κ3) is 2.56. The van der Waals surface area contributed by atoms with Crippen molar-refractivity contribution in [3.8, 4) is 0 Å². The maximum atomic E-state index is 11.8. The van der Waals surface area contributed by atoms with Gasteiger partial charge in [-0.25, -0.2) is 0 Å². The molecule has 1 fully saturated rings. The van der Waals surface area contributed by atoms with Gasteiger partial charge in [-0.2, -0.15) is 0 Å². The lowest BCUT2D eigenvalue weighted by atomic mass is 10.1. The third-order valence-corrected chi connectivity index (χ3v) is 2.83. The van der Waals surface area contributed by atoms with Gasteiger partial charge in [0, 0.05) is 20.0 Å². The highest BCUT2D eigenvalue weighted by atomic mass is 16.2. The lowest BCUT2D eigenvalue weighted by Gasteiger charge is -2.19. The Balaban J connectivity index is 2.43. The van der Waals surface area contributed by atoms with Crippen LogP contribution >= 0.6 is 0 Å². The minimum Gasteiger partial charge on any atom is -0.345 e. The molecule has 1 saturated carbocycles. The van der Waals surface area contributed by atoms with Crippen molar-refractivity contribution in [1.29, 1.82) is 0 Å². The Hall–Kier alpha value is -0.860. The minimum atomic E-state index is -0.322. The van der Waals surface area contributed by atoms with Crippen molar-refractivity contribution in [3.05, 3.63) is 0 Å². The number of carbonyl (C=O) groups is 2. The van der Waals surface area contributed by atoms with Crippen molar-refractivity contribution in [3.63, 3.8) is 0 Å². The van der Waals surface area contributed by atoms with E-state index in [1.54, 1.807) is 11.9 Å². The van der Waals surface area contributed by atoms with Crippen molar-refractivity contribution >= 4 is 11.7 Å². The van der Waals surface area contributed by atoms with E-state index in [-0.39, 0.29) is 17.6 Å². The van der Waals surface area contributed by atoms with Crippen LogP contribution in [0.15, 0.2) is 0 Å². The van der Waals surface area contributed by atoms with E-state index in [0.29, 0.717) is 6.42 Å². The summed E-state index contributed by atoms with van der Waals surface area (Å²) in [6.45, 7) is 2.87. The van der Waals surface area contributed by atoms with Crippen molar-refractivity contribution in [2.24, 2.45) is 5.92 Å². The van der Waals surface area contributed by atoms with Crippen LogP contribution in [0.25, 0.3) is 0 Å². The number of hydrogen-bond acceptors (Lipinski definition) is 2. The molecule has 1 rings (SSSR count). The molecule has 0 aliphatic heterocycles. The largest absolute Gasteiger partial charge is 0.345 e. The number of hydrogen-bond donors (Lipinski definition) is 0. The van der Waals surface area contributed by atoms with E-state index in [0.717, 1.165) is 32.2 Å². The second kappa shape index (κ2) is 5.13. The molecular weight excluding hydrogens is 178 g/mol. The summed E-state index contributed by atoms with van der Waals surface area (Å²) >= 11 is 0. The van der Waals surface area contributed by atoms with Crippen LogP contribution in [0.2, 0.25) is 0 Å².